The van der Waals surface area contributed by atoms with E-state index in [1.165, 1.54) is 18.2 Å². The lowest BCUT2D eigenvalue weighted by Gasteiger charge is -2.11. The number of allylic oxidation sites excluding steroid dienone is 1. The van der Waals surface area contributed by atoms with Crippen molar-refractivity contribution in [3.63, 3.8) is 0 Å². The summed E-state index contributed by atoms with van der Waals surface area (Å²) in [7, 11) is 3.17. The molecule has 0 bridgehead atoms. The zero-order chi connectivity index (χ0) is 25.1. The number of carbonyl (C=O) groups excluding carboxylic acids is 1. The molecular weight excluding hydrogens is 448 g/mol. The van der Waals surface area contributed by atoms with Crippen LogP contribution in [0.15, 0.2) is 71.4 Å². The van der Waals surface area contributed by atoms with Gasteiger partial charge in [-0.3, -0.25) is 14.9 Å². The Bertz CT molecular complexity index is 1470. The Morgan fingerprint density at radius 3 is 2.49 bits per heavy atom. The fourth-order valence-corrected chi connectivity index (χ4v) is 3.91. The van der Waals surface area contributed by atoms with Crippen molar-refractivity contribution in [2.75, 3.05) is 19.5 Å². The van der Waals surface area contributed by atoms with E-state index < -0.39 is 10.8 Å². The van der Waals surface area contributed by atoms with E-state index >= 15 is 0 Å². The van der Waals surface area contributed by atoms with Crippen molar-refractivity contribution in [3.05, 3.63) is 88.2 Å². The number of fused-ring (bicyclic) bond motifs is 1. The molecule has 0 aliphatic heterocycles. The summed E-state index contributed by atoms with van der Waals surface area (Å²) < 4.78 is 16.9. The molecule has 4 aromatic rings. The van der Waals surface area contributed by atoms with Gasteiger partial charge in [-0.05, 0) is 37.1 Å². The first-order valence-corrected chi connectivity index (χ1v) is 10.8. The molecule has 8 nitrogen and oxygen atoms in total. The molecular formula is C27H24N2O6. The number of nitrogens with zero attached hydrogens (tertiary/aromatic N) is 1. The van der Waals surface area contributed by atoms with Crippen LogP contribution in [0.5, 0.6) is 11.5 Å². The third kappa shape index (κ3) is 4.72. The van der Waals surface area contributed by atoms with Gasteiger partial charge >= 0.3 is 0 Å². The predicted molar refractivity (Wildman–Crippen MR) is 135 cm³/mol. The summed E-state index contributed by atoms with van der Waals surface area (Å²) in [4.78, 5) is 23.4. The molecule has 1 aromatic heterocycles. The first-order valence-electron chi connectivity index (χ1n) is 10.8. The molecule has 178 valence electrons. The van der Waals surface area contributed by atoms with Crippen molar-refractivity contribution in [1.82, 2.24) is 0 Å². The van der Waals surface area contributed by atoms with E-state index in [-0.39, 0.29) is 5.69 Å². The Hall–Kier alpha value is -4.59. The van der Waals surface area contributed by atoms with Gasteiger partial charge in [0, 0.05) is 46.4 Å². The number of rotatable bonds is 7. The number of nitrogens with one attached hydrogen (secondary N) is 1. The molecule has 0 fully saturated rings. The third-order valence-corrected chi connectivity index (χ3v) is 5.76. The number of ether oxygens (including phenoxy) is 2. The third-order valence-electron chi connectivity index (χ3n) is 5.76. The van der Waals surface area contributed by atoms with Crippen LogP contribution in [0.25, 0.3) is 27.7 Å². The number of para-hydroxylation sites is 1. The first-order chi connectivity index (χ1) is 16.8. The van der Waals surface area contributed by atoms with Crippen LogP contribution in [0.2, 0.25) is 0 Å². The van der Waals surface area contributed by atoms with Crippen molar-refractivity contribution in [3.8, 4) is 22.6 Å². The molecule has 0 spiro atoms. The van der Waals surface area contributed by atoms with Gasteiger partial charge in [0.15, 0.2) is 0 Å². The molecule has 0 atom stereocenters. The topological polar surface area (TPSA) is 104 Å². The standard InChI is InChI=1S/C27H24N2O6/c1-16-9-10-18(29(31)32)12-23(16)28-27(30)11-17(2)20-13-21-22(15-35-26(21)14-25(20)34-4)19-7-5-6-8-24(19)33-3/h5-15H,1-4H3,(H,28,30)/b17-11+. The average molecular weight is 472 g/mol. The van der Waals surface area contributed by atoms with Gasteiger partial charge in [-0.25, -0.2) is 0 Å². The van der Waals surface area contributed by atoms with Crippen LogP contribution >= 0.6 is 0 Å². The smallest absolute Gasteiger partial charge is 0.271 e. The second-order valence-electron chi connectivity index (χ2n) is 7.97. The number of benzene rings is 3. The van der Waals surface area contributed by atoms with E-state index in [0.717, 1.165) is 16.5 Å². The van der Waals surface area contributed by atoms with Crippen LogP contribution in [0.1, 0.15) is 18.1 Å². The van der Waals surface area contributed by atoms with Gasteiger partial charge in [-0.15, -0.1) is 0 Å². The number of non-ortho nitro benzene ring substituents is 1. The summed E-state index contributed by atoms with van der Waals surface area (Å²) in [5.41, 5.74) is 4.73. The van der Waals surface area contributed by atoms with Crippen LogP contribution in [0.3, 0.4) is 0 Å². The maximum atomic E-state index is 12.8. The van der Waals surface area contributed by atoms with Crippen molar-refractivity contribution >= 4 is 33.8 Å². The maximum absolute atomic E-state index is 12.8. The van der Waals surface area contributed by atoms with Gasteiger partial charge in [0.05, 0.1) is 31.1 Å². The molecule has 3 aromatic carbocycles. The fourth-order valence-electron chi connectivity index (χ4n) is 3.91. The van der Waals surface area contributed by atoms with Crippen LogP contribution in [-0.4, -0.2) is 25.1 Å². The molecule has 0 unspecified atom stereocenters. The Morgan fingerprint density at radius 1 is 1.03 bits per heavy atom. The lowest BCUT2D eigenvalue weighted by Crippen LogP contribution is -2.10. The van der Waals surface area contributed by atoms with Crippen molar-refractivity contribution in [2.24, 2.45) is 0 Å². The molecule has 0 aliphatic carbocycles. The molecule has 0 saturated carbocycles. The normalized spacial score (nSPS) is 11.4. The molecule has 1 N–H and O–H groups in total. The van der Waals surface area contributed by atoms with Crippen molar-refractivity contribution in [2.45, 2.75) is 13.8 Å². The summed E-state index contributed by atoms with van der Waals surface area (Å²) in [6.45, 7) is 3.57. The zero-order valence-electron chi connectivity index (χ0n) is 19.7. The molecule has 0 radical (unpaired) electrons. The summed E-state index contributed by atoms with van der Waals surface area (Å²) >= 11 is 0. The highest BCUT2D eigenvalue weighted by atomic mass is 16.6. The Morgan fingerprint density at radius 2 is 1.77 bits per heavy atom. The monoisotopic (exact) mass is 472 g/mol. The van der Waals surface area contributed by atoms with E-state index in [1.54, 1.807) is 46.5 Å². The summed E-state index contributed by atoms with van der Waals surface area (Å²) in [5, 5.41) is 14.7. The van der Waals surface area contributed by atoms with Gasteiger partial charge in [0.2, 0.25) is 5.91 Å². The Balaban J connectivity index is 1.72. The van der Waals surface area contributed by atoms with Crippen LogP contribution in [-0.2, 0) is 4.79 Å². The molecule has 35 heavy (non-hydrogen) atoms. The lowest BCUT2D eigenvalue weighted by atomic mass is 9.98. The second kappa shape index (κ2) is 9.72. The number of amides is 1. The second-order valence-corrected chi connectivity index (χ2v) is 7.97. The summed E-state index contributed by atoms with van der Waals surface area (Å²) in [5.74, 6) is 0.850. The number of anilines is 1. The molecule has 4 rings (SSSR count). The highest BCUT2D eigenvalue weighted by molar-refractivity contribution is 6.06. The van der Waals surface area contributed by atoms with Crippen LogP contribution in [0, 0.1) is 17.0 Å². The number of furan rings is 1. The maximum Gasteiger partial charge on any atom is 0.271 e. The number of nitro groups is 1. The minimum absolute atomic E-state index is 0.0949. The highest BCUT2D eigenvalue weighted by Gasteiger charge is 2.17. The number of methoxy groups -OCH3 is 2. The van der Waals surface area contributed by atoms with E-state index in [1.807, 2.05) is 30.3 Å². The number of carbonyl (C=O) groups is 1. The SMILES string of the molecule is COc1cc2occ(-c3ccccc3OC)c2cc1/C(C)=C/C(=O)Nc1cc([N+](=O)[O-])ccc1C. The number of nitro benzene ring substituents is 1. The van der Waals surface area contributed by atoms with Gasteiger partial charge < -0.3 is 19.2 Å². The number of hydrogen-bond donors (Lipinski definition) is 1. The summed E-state index contributed by atoms with van der Waals surface area (Å²) in [6, 6.07) is 15.7. The van der Waals surface area contributed by atoms with E-state index in [9.17, 15) is 14.9 Å². The highest BCUT2D eigenvalue weighted by Crippen LogP contribution is 2.40. The largest absolute Gasteiger partial charge is 0.496 e. The van der Waals surface area contributed by atoms with Crippen LogP contribution in [0.4, 0.5) is 11.4 Å². The molecule has 1 amide bonds. The lowest BCUT2D eigenvalue weighted by molar-refractivity contribution is -0.384. The number of aryl methyl sites for hydroxylation is 1. The van der Waals surface area contributed by atoms with Gasteiger partial charge in [-0.1, -0.05) is 24.3 Å². The van der Waals surface area contributed by atoms with Gasteiger partial charge in [-0.2, -0.15) is 0 Å². The first kappa shape index (κ1) is 23.6. The van der Waals surface area contributed by atoms with Gasteiger partial charge in [0.25, 0.3) is 5.69 Å². The molecule has 8 heteroatoms. The van der Waals surface area contributed by atoms with Crippen LogP contribution < -0.4 is 14.8 Å². The predicted octanol–water partition coefficient (Wildman–Crippen LogP) is 6.38. The Labute approximate surface area is 201 Å². The summed E-state index contributed by atoms with van der Waals surface area (Å²) in [6.07, 6.45) is 3.10. The van der Waals surface area contributed by atoms with Gasteiger partial charge in [0.1, 0.15) is 17.1 Å². The number of hydrogen-bond acceptors (Lipinski definition) is 6. The molecule has 0 aliphatic rings. The quantitative estimate of drug-likeness (QED) is 0.190. The van der Waals surface area contributed by atoms with E-state index in [2.05, 4.69) is 5.32 Å². The zero-order valence-corrected chi connectivity index (χ0v) is 19.7. The Kier molecular flexibility index (Phi) is 6.55. The van der Waals surface area contributed by atoms with E-state index in [4.69, 9.17) is 13.9 Å². The molecule has 0 saturated heterocycles. The minimum Gasteiger partial charge on any atom is -0.496 e. The molecule has 1 heterocycles. The van der Waals surface area contributed by atoms with Crippen molar-refractivity contribution < 1.29 is 23.6 Å². The fraction of sp³-hybridized carbons (Fsp3) is 0.148. The minimum atomic E-state index is -0.500. The van der Waals surface area contributed by atoms with Crippen molar-refractivity contribution in [1.29, 1.82) is 0 Å². The van der Waals surface area contributed by atoms with E-state index in [0.29, 0.717) is 39.5 Å². The average Bonchev–Trinajstić information content (AvgIpc) is 3.26.